The fourth-order valence-corrected chi connectivity index (χ4v) is 7.15. The maximum atomic E-state index is 12.2. The topological polar surface area (TPSA) is 215 Å². The van der Waals surface area contributed by atoms with Gasteiger partial charge in [0.25, 0.3) is 0 Å². The molecule has 306 valence electrons. The number of thioether (sulfide) groups is 1. The van der Waals surface area contributed by atoms with E-state index in [0.29, 0.717) is 50.2 Å². The number of nitrogens with one attached hydrogen (secondary N) is 4. The van der Waals surface area contributed by atoms with Crippen molar-refractivity contribution in [3.05, 3.63) is 77.1 Å². The van der Waals surface area contributed by atoms with Crippen LogP contribution in [0.5, 0.6) is 5.75 Å². The number of aromatic nitrogens is 1. The molecule has 5 rings (SSSR count). The number of halogens is 1. The Morgan fingerprint density at radius 2 is 1.52 bits per heavy atom. The zero-order chi connectivity index (χ0) is 39.9. The Morgan fingerprint density at radius 1 is 0.857 bits per heavy atom. The van der Waals surface area contributed by atoms with Crippen molar-refractivity contribution in [2.75, 3.05) is 38.5 Å². The summed E-state index contributed by atoms with van der Waals surface area (Å²) in [5.74, 6) is 1.78. The number of aliphatic hydroxyl groups is 5. The number of hydrogen-bond acceptors (Lipinski definition) is 11. The molecule has 2 saturated carbocycles. The zero-order valence-electron chi connectivity index (χ0n) is 31.4. The number of unbranched alkanes of at least 4 members (excludes halogenated alkanes) is 2. The summed E-state index contributed by atoms with van der Waals surface area (Å²) < 4.78 is 12.9. The molecule has 0 bridgehead atoms. The molecule has 1 heterocycles. The number of hydrogen-bond donors (Lipinski definition) is 9. The summed E-state index contributed by atoms with van der Waals surface area (Å²) in [7, 11) is 0. The maximum Gasteiger partial charge on any atom is 0.314 e. The first-order valence-corrected chi connectivity index (χ1v) is 20.6. The Labute approximate surface area is 336 Å². The lowest BCUT2D eigenvalue weighted by Gasteiger charge is -2.25. The lowest BCUT2D eigenvalue weighted by molar-refractivity contribution is -0.113. The van der Waals surface area contributed by atoms with Crippen LogP contribution in [-0.2, 0) is 16.9 Å². The summed E-state index contributed by atoms with van der Waals surface area (Å²) in [6.45, 7) is 0.514. The van der Waals surface area contributed by atoms with Crippen molar-refractivity contribution in [1.82, 2.24) is 26.3 Å². The highest BCUT2D eigenvalue weighted by molar-refractivity contribution is 7.99. The van der Waals surface area contributed by atoms with Gasteiger partial charge < -0.3 is 56.3 Å². The minimum absolute atomic E-state index is 0.255. The highest BCUT2D eigenvalue weighted by Crippen LogP contribution is 2.53. The first kappa shape index (κ1) is 43.5. The molecule has 0 unspecified atom stereocenters. The standard InChI is InChI=1S/C40H54ClN5O9S/c41-32-12-11-28(21-26(32)25-54-40(14-15-40)31-22-42-19-13-29(31)30-7-1-2-8-35(30)55-27-9-10-27)56-20-6-5-18-44-38(52)43-16-3-4-17-45-39(53)46-23-33(48)36(50)37(51)34(49)24-47/h1-2,7-8,11-13,19,21-22,27,33-34,36-37,47-51H,3-6,9-10,14-18,20,23-25H2,(H2,43,44,52)(H2,45,46,53)/t33-,34+,36+,37+/m0/s1. The molecule has 2 aromatic carbocycles. The summed E-state index contributed by atoms with van der Waals surface area (Å²) in [6.07, 6.45) is 4.31. The second-order valence-electron chi connectivity index (χ2n) is 14.2. The molecule has 14 nitrogen and oxygen atoms in total. The first-order chi connectivity index (χ1) is 27.1. The van der Waals surface area contributed by atoms with Crippen molar-refractivity contribution in [1.29, 1.82) is 0 Å². The molecule has 9 N–H and O–H groups in total. The summed E-state index contributed by atoms with van der Waals surface area (Å²) in [5.41, 5.74) is 3.73. The maximum absolute atomic E-state index is 12.2. The lowest BCUT2D eigenvalue weighted by atomic mass is 9.96. The van der Waals surface area contributed by atoms with Crippen molar-refractivity contribution in [2.45, 2.75) is 99.0 Å². The van der Waals surface area contributed by atoms with Gasteiger partial charge >= 0.3 is 12.1 Å². The van der Waals surface area contributed by atoms with Gasteiger partial charge in [-0.15, -0.1) is 11.8 Å². The van der Waals surface area contributed by atoms with E-state index < -0.39 is 42.7 Å². The van der Waals surface area contributed by atoms with Gasteiger partial charge in [-0.25, -0.2) is 9.59 Å². The third kappa shape index (κ3) is 13.2. The number of aliphatic hydroxyl groups excluding tert-OH is 5. The Bertz CT molecular complexity index is 1720. The smallest absolute Gasteiger partial charge is 0.314 e. The van der Waals surface area contributed by atoms with Crippen LogP contribution in [0.2, 0.25) is 5.02 Å². The van der Waals surface area contributed by atoms with Crippen molar-refractivity contribution in [3.8, 4) is 16.9 Å². The average molecular weight is 816 g/mol. The second-order valence-corrected chi connectivity index (χ2v) is 15.7. The highest BCUT2D eigenvalue weighted by Gasteiger charge is 2.48. The van der Waals surface area contributed by atoms with Crippen LogP contribution in [0.4, 0.5) is 9.59 Å². The average Bonchev–Trinajstić information content (AvgIpc) is 4.16. The van der Waals surface area contributed by atoms with E-state index >= 15 is 0 Å². The minimum Gasteiger partial charge on any atom is -0.490 e. The van der Waals surface area contributed by atoms with Crippen LogP contribution < -0.4 is 26.0 Å². The predicted molar refractivity (Wildman–Crippen MR) is 214 cm³/mol. The molecule has 56 heavy (non-hydrogen) atoms. The molecule has 2 aliphatic rings. The van der Waals surface area contributed by atoms with Crippen LogP contribution in [-0.4, -0.2) is 112 Å². The summed E-state index contributed by atoms with van der Waals surface area (Å²) in [4.78, 5) is 29.6. The lowest BCUT2D eigenvalue weighted by Crippen LogP contribution is -2.50. The second kappa shape index (κ2) is 21.7. The monoisotopic (exact) mass is 815 g/mol. The summed E-state index contributed by atoms with van der Waals surface area (Å²) >= 11 is 8.37. The van der Waals surface area contributed by atoms with E-state index in [1.165, 1.54) is 0 Å². The molecular weight excluding hydrogens is 762 g/mol. The molecule has 4 atom stereocenters. The van der Waals surface area contributed by atoms with Gasteiger partial charge in [0, 0.05) is 59.6 Å². The molecular formula is C40H54ClN5O9S. The first-order valence-electron chi connectivity index (χ1n) is 19.2. The third-order valence-corrected chi connectivity index (χ3v) is 11.1. The van der Waals surface area contributed by atoms with Crippen molar-refractivity contribution in [2.24, 2.45) is 0 Å². The minimum atomic E-state index is -1.76. The van der Waals surface area contributed by atoms with Gasteiger partial charge in [-0.1, -0.05) is 29.8 Å². The Morgan fingerprint density at radius 3 is 2.20 bits per heavy atom. The van der Waals surface area contributed by atoms with Crippen LogP contribution in [0.25, 0.3) is 11.1 Å². The number of carbonyl (C=O) groups excluding carboxylic acids is 2. The number of nitrogens with zero attached hydrogens (tertiary/aromatic N) is 1. The van der Waals surface area contributed by atoms with Crippen LogP contribution in [0.3, 0.4) is 0 Å². The molecule has 0 spiro atoms. The molecule has 2 aliphatic carbocycles. The Kier molecular flexibility index (Phi) is 16.9. The molecule has 2 fully saturated rings. The van der Waals surface area contributed by atoms with Gasteiger partial charge in [-0.05, 0) is 98.6 Å². The van der Waals surface area contributed by atoms with E-state index in [-0.39, 0.29) is 12.6 Å². The normalized spacial score (nSPS) is 16.6. The van der Waals surface area contributed by atoms with E-state index in [4.69, 9.17) is 26.2 Å². The fraction of sp³-hybridized carbons (Fsp3) is 0.525. The number of benzene rings is 2. The number of rotatable bonds is 24. The van der Waals surface area contributed by atoms with Crippen LogP contribution in [0.1, 0.15) is 62.5 Å². The van der Waals surface area contributed by atoms with Gasteiger partial charge in [0.2, 0.25) is 0 Å². The van der Waals surface area contributed by atoms with Gasteiger partial charge in [-0.2, -0.15) is 0 Å². The van der Waals surface area contributed by atoms with E-state index in [2.05, 4.69) is 38.4 Å². The number of ether oxygens (including phenoxy) is 2. The molecule has 16 heteroatoms. The quantitative estimate of drug-likeness (QED) is 0.0468. The summed E-state index contributed by atoms with van der Waals surface area (Å²) in [6, 6.07) is 15.4. The molecule has 1 aromatic heterocycles. The van der Waals surface area contributed by atoms with E-state index in [0.717, 1.165) is 77.2 Å². The SMILES string of the molecule is O=C(NCCCCNC(=O)NC[C@H](O)[C@@H](O)[C@H](O)[C@H](O)CO)NCCCCSc1ccc(Cl)c(COC2(c3cnccc3-c3ccccc3OC3CC3)CC2)c1. The Balaban J connectivity index is 0.936. The van der Waals surface area contributed by atoms with Crippen LogP contribution in [0.15, 0.2) is 65.8 Å². The summed E-state index contributed by atoms with van der Waals surface area (Å²) in [5, 5.41) is 58.7. The van der Waals surface area contributed by atoms with Gasteiger partial charge in [0.1, 0.15) is 24.1 Å². The van der Waals surface area contributed by atoms with Gasteiger partial charge in [0.05, 0.1) is 31.0 Å². The predicted octanol–water partition coefficient (Wildman–Crippen LogP) is 3.84. The molecule has 0 saturated heterocycles. The number of para-hydroxylation sites is 1. The number of amides is 4. The zero-order valence-corrected chi connectivity index (χ0v) is 32.9. The Hall–Kier alpha value is -3.67. The van der Waals surface area contributed by atoms with Crippen molar-refractivity contribution < 1.29 is 44.6 Å². The van der Waals surface area contributed by atoms with E-state index in [9.17, 15) is 30.0 Å². The molecule has 4 amide bonds. The van der Waals surface area contributed by atoms with E-state index in [1.54, 1.807) is 11.8 Å². The van der Waals surface area contributed by atoms with Gasteiger partial charge in [0.15, 0.2) is 0 Å². The van der Waals surface area contributed by atoms with Crippen molar-refractivity contribution >= 4 is 35.4 Å². The molecule has 3 aromatic rings. The number of carbonyl (C=O) groups is 2. The van der Waals surface area contributed by atoms with E-state index in [1.807, 2.05) is 48.8 Å². The van der Waals surface area contributed by atoms with Crippen LogP contribution in [0, 0.1) is 0 Å². The molecule has 0 aliphatic heterocycles. The van der Waals surface area contributed by atoms with Crippen LogP contribution >= 0.6 is 23.4 Å². The number of pyridine rings is 1. The largest absolute Gasteiger partial charge is 0.490 e. The molecule has 0 radical (unpaired) electrons. The fourth-order valence-electron chi connectivity index (χ4n) is 6.00. The highest BCUT2D eigenvalue weighted by atomic mass is 35.5. The number of urea groups is 2. The van der Waals surface area contributed by atoms with Gasteiger partial charge in [-0.3, -0.25) is 4.98 Å². The van der Waals surface area contributed by atoms with Crippen molar-refractivity contribution in [3.63, 3.8) is 0 Å². The third-order valence-electron chi connectivity index (χ3n) is 9.63.